The van der Waals surface area contributed by atoms with Crippen molar-refractivity contribution in [2.45, 2.75) is 13.2 Å². The molecule has 1 N–H and O–H groups in total. The maximum Gasteiger partial charge on any atom is 0.171 e. The number of methoxy groups -OCH3 is 1. The summed E-state index contributed by atoms with van der Waals surface area (Å²) in [5.74, 6) is 1.57. The van der Waals surface area contributed by atoms with Crippen molar-refractivity contribution in [2.24, 2.45) is 0 Å². The molecule has 0 saturated heterocycles. The van der Waals surface area contributed by atoms with Crippen LogP contribution in [0.5, 0.6) is 11.5 Å². The van der Waals surface area contributed by atoms with Crippen LogP contribution in [0, 0.1) is 0 Å². The quantitative estimate of drug-likeness (QED) is 0.447. The summed E-state index contributed by atoms with van der Waals surface area (Å²) >= 11 is 0. The number of hydrogen-bond donors (Lipinski definition) is 1. The van der Waals surface area contributed by atoms with Gasteiger partial charge in [0, 0.05) is 17.3 Å². The second-order valence-electron chi connectivity index (χ2n) is 7.06. The largest absolute Gasteiger partial charge is 1.00 e. The van der Waals surface area contributed by atoms with Gasteiger partial charge < -0.3 is 42.9 Å². The molecule has 0 atom stereocenters. The lowest BCUT2D eigenvalue weighted by Crippen LogP contribution is -3.00. The highest BCUT2D eigenvalue weighted by Gasteiger charge is 2.19. The van der Waals surface area contributed by atoms with Crippen molar-refractivity contribution in [3.63, 3.8) is 0 Å². The van der Waals surface area contributed by atoms with E-state index in [0.29, 0.717) is 6.61 Å². The minimum Gasteiger partial charge on any atom is -1.00 e. The standard InChI is InChI=1S/C20H25N2O2.HI/c1-22(2,3)13-16-12-21-17-10-11-18(23-4)20(19(16)17)24-14-15-8-6-5-7-9-15;/h5-12,21H,13-14H2,1-4H3;1H/q+1;/p-1. The summed E-state index contributed by atoms with van der Waals surface area (Å²) in [5, 5.41) is 1.11. The van der Waals surface area contributed by atoms with Gasteiger partial charge in [0.15, 0.2) is 11.5 Å². The van der Waals surface area contributed by atoms with Crippen LogP contribution in [-0.2, 0) is 13.2 Å². The number of halogens is 1. The molecule has 0 saturated carbocycles. The van der Waals surface area contributed by atoms with Crippen LogP contribution in [0.4, 0.5) is 0 Å². The van der Waals surface area contributed by atoms with Gasteiger partial charge in [0.05, 0.1) is 33.6 Å². The van der Waals surface area contributed by atoms with Crippen molar-refractivity contribution >= 4 is 10.9 Å². The summed E-state index contributed by atoms with van der Waals surface area (Å²) in [6.07, 6.45) is 2.07. The molecule has 1 heterocycles. The van der Waals surface area contributed by atoms with Crippen LogP contribution >= 0.6 is 0 Å². The van der Waals surface area contributed by atoms with Crippen LogP contribution in [0.25, 0.3) is 10.9 Å². The lowest BCUT2D eigenvalue weighted by molar-refractivity contribution is -0.883. The van der Waals surface area contributed by atoms with E-state index in [0.717, 1.165) is 39.0 Å². The van der Waals surface area contributed by atoms with Gasteiger partial charge in [-0.25, -0.2) is 0 Å². The van der Waals surface area contributed by atoms with Crippen LogP contribution in [0.1, 0.15) is 11.1 Å². The first-order chi connectivity index (χ1) is 11.5. The Labute approximate surface area is 166 Å². The number of quaternary nitrogens is 1. The monoisotopic (exact) mass is 452 g/mol. The molecule has 0 unspecified atom stereocenters. The molecule has 3 aromatic rings. The van der Waals surface area contributed by atoms with Gasteiger partial charge in [-0.1, -0.05) is 30.3 Å². The zero-order chi connectivity index (χ0) is 17.2. The maximum atomic E-state index is 6.19. The Morgan fingerprint density at radius 3 is 2.36 bits per heavy atom. The summed E-state index contributed by atoms with van der Waals surface area (Å²) in [6, 6.07) is 14.2. The number of hydrogen-bond acceptors (Lipinski definition) is 2. The molecule has 1 aromatic heterocycles. The van der Waals surface area contributed by atoms with Gasteiger partial charge >= 0.3 is 0 Å². The highest BCUT2D eigenvalue weighted by molar-refractivity contribution is 5.91. The van der Waals surface area contributed by atoms with Crippen molar-refractivity contribution in [2.75, 3.05) is 28.3 Å². The Kier molecular flexibility index (Phi) is 6.35. The Morgan fingerprint density at radius 1 is 1.00 bits per heavy atom. The fourth-order valence-electron chi connectivity index (χ4n) is 2.91. The van der Waals surface area contributed by atoms with E-state index < -0.39 is 0 Å². The topological polar surface area (TPSA) is 34.2 Å². The van der Waals surface area contributed by atoms with Gasteiger partial charge in [0.25, 0.3) is 0 Å². The summed E-state index contributed by atoms with van der Waals surface area (Å²) in [6.45, 7) is 1.43. The predicted octanol–water partition coefficient (Wildman–Crippen LogP) is 0.966. The molecule has 2 aromatic carbocycles. The summed E-state index contributed by atoms with van der Waals surface area (Å²) in [7, 11) is 8.24. The lowest BCUT2D eigenvalue weighted by atomic mass is 10.1. The summed E-state index contributed by atoms with van der Waals surface area (Å²) in [4.78, 5) is 3.36. The third-order valence-electron chi connectivity index (χ3n) is 3.94. The molecule has 0 aliphatic carbocycles. The molecule has 5 heteroatoms. The van der Waals surface area contributed by atoms with Gasteiger partial charge in [0.1, 0.15) is 13.2 Å². The Hall–Kier alpha value is -1.73. The highest BCUT2D eigenvalue weighted by atomic mass is 127. The maximum absolute atomic E-state index is 6.19. The molecule has 134 valence electrons. The molecule has 0 radical (unpaired) electrons. The number of H-pyrrole nitrogens is 1. The fourth-order valence-corrected chi connectivity index (χ4v) is 2.91. The molecule has 0 fully saturated rings. The van der Waals surface area contributed by atoms with Crippen molar-refractivity contribution in [1.29, 1.82) is 0 Å². The third kappa shape index (κ3) is 4.67. The summed E-state index contributed by atoms with van der Waals surface area (Å²) in [5.41, 5.74) is 3.45. The molecule has 0 amide bonds. The van der Waals surface area contributed by atoms with Crippen molar-refractivity contribution < 1.29 is 37.9 Å². The van der Waals surface area contributed by atoms with Gasteiger partial charge in [-0.2, -0.15) is 0 Å². The predicted molar refractivity (Wildman–Crippen MR) is 97.4 cm³/mol. The van der Waals surface area contributed by atoms with E-state index in [-0.39, 0.29) is 24.0 Å². The van der Waals surface area contributed by atoms with E-state index >= 15 is 0 Å². The molecule has 0 aliphatic rings. The molecule has 0 aliphatic heterocycles. The number of fused-ring (bicyclic) bond motifs is 1. The normalized spacial score (nSPS) is 11.2. The summed E-state index contributed by atoms with van der Waals surface area (Å²) < 4.78 is 12.6. The number of aromatic amines is 1. The van der Waals surface area contributed by atoms with E-state index in [1.165, 1.54) is 5.56 Å². The molecule has 4 nitrogen and oxygen atoms in total. The Balaban J connectivity index is 0.00000225. The second-order valence-corrected chi connectivity index (χ2v) is 7.06. The zero-order valence-electron chi connectivity index (χ0n) is 15.2. The SMILES string of the molecule is COc1ccc2[nH]cc(C[N+](C)(C)C)c2c1OCc1ccccc1.[I-]. The number of ether oxygens (including phenoxy) is 2. The van der Waals surface area contributed by atoms with E-state index in [4.69, 9.17) is 9.47 Å². The molecular formula is C20H25IN2O2. The van der Waals surface area contributed by atoms with Crippen molar-refractivity contribution in [3.8, 4) is 11.5 Å². The number of nitrogens with zero attached hydrogens (tertiary/aromatic N) is 1. The molecular weight excluding hydrogens is 427 g/mol. The average molecular weight is 452 g/mol. The van der Waals surface area contributed by atoms with E-state index in [1.54, 1.807) is 7.11 Å². The first-order valence-corrected chi connectivity index (χ1v) is 8.12. The first-order valence-electron chi connectivity index (χ1n) is 8.12. The van der Waals surface area contributed by atoms with Crippen molar-refractivity contribution in [1.82, 2.24) is 4.98 Å². The fraction of sp³-hybridized carbons (Fsp3) is 0.300. The Morgan fingerprint density at radius 2 is 1.72 bits per heavy atom. The number of benzene rings is 2. The van der Waals surface area contributed by atoms with E-state index in [9.17, 15) is 0 Å². The van der Waals surface area contributed by atoms with Crippen LogP contribution in [-0.4, -0.2) is 37.7 Å². The van der Waals surface area contributed by atoms with Gasteiger partial charge in [0.2, 0.25) is 0 Å². The van der Waals surface area contributed by atoms with Crippen LogP contribution in [0.3, 0.4) is 0 Å². The first kappa shape index (κ1) is 19.6. The van der Waals surface area contributed by atoms with Crippen molar-refractivity contribution in [3.05, 3.63) is 59.8 Å². The van der Waals surface area contributed by atoms with Gasteiger partial charge in [-0.3, -0.25) is 0 Å². The Bertz CT molecular complexity index is 823. The number of nitrogens with one attached hydrogen (secondary N) is 1. The minimum absolute atomic E-state index is 0. The number of rotatable bonds is 6. The average Bonchev–Trinajstić information content (AvgIpc) is 2.95. The zero-order valence-corrected chi connectivity index (χ0v) is 17.3. The highest BCUT2D eigenvalue weighted by Crippen LogP contribution is 2.38. The van der Waals surface area contributed by atoms with Gasteiger partial charge in [-0.05, 0) is 17.7 Å². The molecule has 3 rings (SSSR count). The van der Waals surface area contributed by atoms with Crippen LogP contribution in [0.15, 0.2) is 48.7 Å². The molecule has 25 heavy (non-hydrogen) atoms. The van der Waals surface area contributed by atoms with E-state index in [1.807, 2.05) is 30.3 Å². The lowest BCUT2D eigenvalue weighted by Gasteiger charge is -2.24. The smallest absolute Gasteiger partial charge is 0.171 e. The molecule has 0 spiro atoms. The third-order valence-corrected chi connectivity index (χ3v) is 3.94. The van der Waals surface area contributed by atoms with Gasteiger partial charge in [-0.15, -0.1) is 0 Å². The number of aromatic nitrogens is 1. The molecule has 0 bridgehead atoms. The second kappa shape index (κ2) is 8.10. The van der Waals surface area contributed by atoms with Crippen LogP contribution < -0.4 is 33.5 Å². The van der Waals surface area contributed by atoms with Crippen LogP contribution in [0.2, 0.25) is 0 Å². The minimum atomic E-state index is 0. The van der Waals surface area contributed by atoms with E-state index in [2.05, 4.69) is 44.5 Å².